The third kappa shape index (κ3) is 12.3. The van der Waals surface area contributed by atoms with Gasteiger partial charge < -0.3 is 43.4 Å². The van der Waals surface area contributed by atoms with Gasteiger partial charge in [-0.05, 0) is 37.8 Å². The number of hydrogen-bond donors (Lipinski definition) is 8. The highest BCUT2D eigenvalue weighted by molar-refractivity contribution is 5.95. The summed E-state index contributed by atoms with van der Waals surface area (Å²) in [5, 5.41) is 25.5. The molecule has 0 saturated heterocycles. The summed E-state index contributed by atoms with van der Waals surface area (Å²) in [6.45, 7) is 0.323. The molecule has 0 bridgehead atoms. The number of amides is 4. The van der Waals surface area contributed by atoms with Gasteiger partial charge in [-0.3, -0.25) is 24.0 Å². The summed E-state index contributed by atoms with van der Waals surface area (Å²) in [4.78, 5) is 72.2. The second-order valence-corrected chi connectivity index (χ2v) is 8.71. The van der Waals surface area contributed by atoms with Gasteiger partial charge in [0.05, 0.1) is 12.5 Å². The molecule has 4 atom stereocenters. The molecule has 4 amide bonds. The minimum Gasteiger partial charge on any atom is -0.481 e. The highest BCUT2D eigenvalue weighted by Gasteiger charge is 2.30. The number of hydrogen-bond acceptors (Lipinski definition) is 8. The van der Waals surface area contributed by atoms with E-state index in [4.69, 9.17) is 22.3 Å². The van der Waals surface area contributed by atoms with Crippen LogP contribution < -0.4 is 33.2 Å². The molecular weight excluding hydrogens is 500 g/mol. The summed E-state index contributed by atoms with van der Waals surface area (Å²) >= 11 is 0. The van der Waals surface area contributed by atoms with Crippen LogP contribution in [0.5, 0.6) is 0 Å². The number of benzene rings is 1. The van der Waals surface area contributed by atoms with Crippen LogP contribution in [0.4, 0.5) is 0 Å². The van der Waals surface area contributed by atoms with E-state index in [-0.39, 0.29) is 19.3 Å². The number of primary amides is 1. The van der Waals surface area contributed by atoms with E-state index in [1.165, 1.54) is 0 Å². The van der Waals surface area contributed by atoms with Crippen molar-refractivity contribution in [2.24, 2.45) is 17.2 Å². The number of nitrogens with one attached hydrogen (secondary N) is 3. The standard InChI is InChI=1S/C24H36N6O8/c25-11-5-4-8-16(22(35)29-17(24(37)38)9-10-20(32)33)28-23(36)18(12-14-6-2-1-3-7-14)30-21(34)15(26)13-19(27)31/h1-3,6-7,15-18H,4-5,8-13,25-26H2,(H2,27,31)(H,28,36)(H,29,35)(H,30,34)(H,32,33)(H,37,38). The number of carboxylic acid groups (broad SMARTS) is 2. The highest BCUT2D eigenvalue weighted by Crippen LogP contribution is 2.08. The molecule has 0 aliphatic rings. The van der Waals surface area contributed by atoms with E-state index in [9.17, 15) is 33.9 Å². The Morgan fingerprint density at radius 3 is 1.92 bits per heavy atom. The molecule has 4 unspecified atom stereocenters. The first-order valence-corrected chi connectivity index (χ1v) is 12.1. The first kappa shape index (κ1) is 32.0. The van der Waals surface area contributed by atoms with Gasteiger partial charge in [-0.2, -0.15) is 0 Å². The first-order valence-electron chi connectivity index (χ1n) is 12.1. The second kappa shape index (κ2) is 16.7. The van der Waals surface area contributed by atoms with Crippen LogP contribution >= 0.6 is 0 Å². The monoisotopic (exact) mass is 536 g/mol. The van der Waals surface area contributed by atoms with E-state index >= 15 is 0 Å². The maximum absolute atomic E-state index is 13.3. The first-order chi connectivity index (χ1) is 17.9. The number of carbonyl (C=O) groups is 6. The molecule has 1 aromatic rings. The minimum absolute atomic E-state index is 0.0230. The van der Waals surface area contributed by atoms with Crippen LogP contribution in [0.3, 0.4) is 0 Å². The molecule has 1 aromatic carbocycles. The lowest BCUT2D eigenvalue weighted by molar-refractivity contribution is -0.143. The van der Waals surface area contributed by atoms with Gasteiger partial charge in [0.25, 0.3) is 0 Å². The van der Waals surface area contributed by atoms with Gasteiger partial charge in [0.1, 0.15) is 18.1 Å². The molecule has 38 heavy (non-hydrogen) atoms. The van der Waals surface area contributed by atoms with Gasteiger partial charge >= 0.3 is 11.9 Å². The molecule has 1 rings (SSSR count). The van der Waals surface area contributed by atoms with Gasteiger partial charge in [-0.1, -0.05) is 30.3 Å². The largest absolute Gasteiger partial charge is 0.481 e. The van der Waals surface area contributed by atoms with Crippen molar-refractivity contribution in [3.63, 3.8) is 0 Å². The van der Waals surface area contributed by atoms with E-state index in [1.54, 1.807) is 30.3 Å². The van der Waals surface area contributed by atoms with E-state index in [2.05, 4.69) is 16.0 Å². The summed E-state index contributed by atoms with van der Waals surface area (Å²) in [6, 6.07) is 3.50. The summed E-state index contributed by atoms with van der Waals surface area (Å²) in [6.07, 6.45) is -0.221. The molecule has 0 heterocycles. The molecule has 0 aliphatic heterocycles. The molecule has 11 N–H and O–H groups in total. The Hall–Kier alpha value is -4.04. The Balaban J connectivity index is 3.10. The Labute approximate surface area is 219 Å². The Morgan fingerprint density at radius 2 is 1.37 bits per heavy atom. The van der Waals surface area contributed by atoms with Crippen molar-refractivity contribution < 1.29 is 39.0 Å². The van der Waals surface area contributed by atoms with Crippen LogP contribution in [0.2, 0.25) is 0 Å². The molecule has 0 saturated carbocycles. The quantitative estimate of drug-likeness (QED) is 0.0953. The summed E-state index contributed by atoms with van der Waals surface area (Å²) in [5.41, 5.74) is 17.0. The van der Waals surface area contributed by atoms with Crippen molar-refractivity contribution in [2.45, 2.75) is 69.1 Å². The fourth-order valence-electron chi connectivity index (χ4n) is 3.48. The SMILES string of the molecule is NCCCCC(NC(=O)C(Cc1ccccc1)NC(=O)C(N)CC(N)=O)C(=O)NC(CCC(=O)O)C(=O)O. The lowest BCUT2D eigenvalue weighted by Gasteiger charge is -2.25. The fourth-order valence-corrected chi connectivity index (χ4v) is 3.48. The third-order valence-electron chi connectivity index (χ3n) is 5.51. The maximum Gasteiger partial charge on any atom is 0.326 e. The van der Waals surface area contributed by atoms with Gasteiger partial charge in [0.15, 0.2) is 0 Å². The molecule has 14 nitrogen and oxygen atoms in total. The van der Waals surface area contributed by atoms with E-state index in [1.807, 2.05) is 0 Å². The van der Waals surface area contributed by atoms with E-state index in [0.717, 1.165) is 0 Å². The summed E-state index contributed by atoms with van der Waals surface area (Å²) in [5.74, 6) is -5.84. The van der Waals surface area contributed by atoms with E-state index < -0.39 is 72.6 Å². The number of unbranched alkanes of at least 4 members (excludes halogenated alkanes) is 1. The number of nitrogens with two attached hydrogens (primary N) is 3. The number of carboxylic acids is 2. The molecular formula is C24H36N6O8. The predicted octanol–water partition coefficient (Wildman–Crippen LogP) is -2.04. The zero-order valence-electron chi connectivity index (χ0n) is 20.9. The lowest BCUT2D eigenvalue weighted by atomic mass is 10.0. The predicted molar refractivity (Wildman–Crippen MR) is 135 cm³/mol. The van der Waals surface area contributed by atoms with Crippen LogP contribution in [-0.2, 0) is 35.2 Å². The van der Waals surface area contributed by atoms with Gasteiger partial charge in [-0.25, -0.2) is 4.79 Å². The molecule has 14 heteroatoms. The normalized spacial score (nSPS) is 13.8. The Kier molecular flexibility index (Phi) is 14.0. The Morgan fingerprint density at radius 1 is 0.789 bits per heavy atom. The topological polar surface area (TPSA) is 257 Å². The smallest absolute Gasteiger partial charge is 0.326 e. The van der Waals surface area contributed by atoms with Gasteiger partial charge in [0, 0.05) is 12.8 Å². The average molecular weight is 537 g/mol. The van der Waals surface area contributed by atoms with E-state index in [0.29, 0.717) is 24.9 Å². The zero-order valence-corrected chi connectivity index (χ0v) is 20.9. The van der Waals surface area contributed by atoms with Gasteiger partial charge in [0.2, 0.25) is 23.6 Å². The van der Waals surface area contributed by atoms with Crippen molar-refractivity contribution in [2.75, 3.05) is 6.54 Å². The number of carbonyl (C=O) groups excluding carboxylic acids is 4. The van der Waals surface area contributed by atoms with Crippen LogP contribution in [0.25, 0.3) is 0 Å². The maximum atomic E-state index is 13.3. The van der Waals surface area contributed by atoms with Crippen LogP contribution in [0, 0.1) is 0 Å². The molecule has 210 valence electrons. The molecule has 0 aliphatic carbocycles. The zero-order chi connectivity index (χ0) is 28.7. The fraction of sp³-hybridized carbons (Fsp3) is 0.500. The van der Waals surface area contributed by atoms with Crippen LogP contribution in [-0.4, -0.2) is 76.5 Å². The number of aliphatic carboxylic acids is 2. The highest BCUT2D eigenvalue weighted by atomic mass is 16.4. The lowest BCUT2D eigenvalue weighted by Crippen LogP contribution is -2.57. The summed E-state index contributed by atoms with van der Waals surface area (Å²) < 4.78 is 0. The minimum atomic E-state index is -1.49. The summed E-state index contributed by atoms with van der Waals surface area (Å²) in [7, 11) is 0. The Bertz CT molecular complexity index is 974. The molecule has 0 radical (unpaired) electrons. The van der Waals surface area contributed by atoms with Gasteiger partial charge in [-0.15, -0.1) is 0 Å². The van der Waals surface area contributed by atoms with Crippen molar-refractivity contribution >= 4 is 35.6 Å². The van der Waals surface area contributed by atoms with Crippen LogP contribution in [0.15, 0.2) is 30.3 Å². The number of rotatable bonds is 18. The molecule has 0 fully saturated rings. The van der Waals surface area contributed by atoms with Crippen molar-refractivity contribution in [1.82, 2.24) is 16.0 Å². The van der Waals surface area contributed by atoms with Crippen molar-refractivity contribution in [3.8, 4) is 0 Å². The van der Waals surface area contributed by atoms with Crippen molar-refractivity contribution in [1.29, 1.82) is 0 Å². The third-order valence-corrected chi connectivity index (χ3v) is 5.51. The average Bonchev–Trinajstić information content (AvgIpc) is 2.85. The second-order valence-electron chi connectivity index (χ2n) is 8.71. The van der Waals surface area contributed by atoms with Crippen molar-refractivity contribution in [3.05, 3.63) is 35.9 Å². The molecule has 0 aromatic heterocycles. The van der Waals surface area contributed by atoms with Crippen LogP contribution in [0.1, 0.15) is 44.1 Å². The molecule has 0 spiro atoms.